The van der Waals surface area contributed by atoms with E-state index in [4.69, 9.17) is 0 Å². The Bertz CT molecular complexity index is 186. The molecule has 0 radical (unpaired) electrons. The normalized spacial score (nSPS) is 10.4. The highest BCUT2D eigenvalue weighted by Crippen LogP contribution is 2.12. The van der Waals surface area contributed by atoms with Gasteiger partial charge in [-0.2, -0.15) is 0 Å². The average Bonchev–Trinajstić information content (AvgIpc) is 2.57. The topological polar surface area (TPSA) is 40.7 Å². The third kappa shape index (κ3) is 3.78. The molecule has 1 heterocycles. The van der Waals surface area contributed by atoms with E-state index >= 15 is 0 Å². The lowest BCUT2D eigenvalue weighted by atomic mass is 10.3. The Morgan fingerprint density at radius 2 is 2.50 bits per heavy atom. The van der Waals surface area contributed by atoms with Crippen LogP contribution in [0.2, 0.25) is 0 Å². The minimum absolute atomic E-state index is 1.03. The standard InChI is InChI=1S/C8H15N3S/c1-9-4-2-3-7-12-8-10-5-6-11-8/h5-6,9H,2-4,7H2,1H3,(H,10,11). The van der Waals surface area contributed by atoms with Gasteiger partial charge in [0.05, 0.1) is 0 Å². The highest BCUT2D eigenvalue weighted by atomic mass is 32.2. The fourth-order valence-corrected chi connectivity index (χ4v) is 1.73. The van der Waals surface area contributed by atoms with Crippen LogP contribution in [-0.4, -0.2) is 29.3 Å². The van der Waals surface area contributed by atoms with Crippen LogP contribution in [0.5, 0.6) is 0 Å². The summed E-state index contributed by atoms with van der Waals surface area (Å²) in [6.45, 7) is 1.11. The van der Waals surface area contributed by atoms with Gasteiger partial charge in [0.1, 0.15) is 0 Å². The van der Waals surface area contributed by atoms with Crippen LogP contribution < -0.4 is 5.32 Å². The van der Waals surface area contributed by atoms with E-state index in [2.05, 4.69) is 15.3 Å². The third-order valence-electron chi connectivity index (χ3n) is 1.53. The van der Waals surface area contributed by atoms with Crippen LogP contribution in [0.1, 0.15) is 12.8 Å². The summed E-state index contributed by atoms with van der Waals surface area (Å²) >= 11 is 1.78. The summed E-state index contributed by atoms with van der Waals surface area (Å²) in [7, 11) is 1.99. The molecule has 0 saturated heterocycles. The van der Waals surface area contributed by atoms with Crippen molar-refractivity contribution >= 4 is 11.8 Å². The van der Waals surface area contributed by atoms with Crippen molar-refractivity contribution in [3.63, 3.8) is 0 Å². The SMILES string of the molecule is CNCCCCSc1ncc[nH]1. The van der Waals surface area contributed by atoms with E-state index in [0.717, 1.165) is 17.5 Å². The van der Waals surface area contributed by atoms with Crippen LogP contribution in [0.15, 0.2) is 17.6 Å². The van der Waals surface area contributed by atoms with Gasteiger partial charge < -0.3 is 10.3 Å². The Labute approximate surface area is 77.4 Å². The number of hydrogen-bond donors (Lipinski definition) is 2. The van der Waals surface area contributed by atoms with Crippen molar-refractivity contribution in [2.24, 2.45) is 0 Å². The molecule has 1 rings (SSSR count). The van der Waals surface area contributed by atoms with E-state index in [-0.39, 0.29) is 0 Å². The molecule has 0 amide bonds. The van der Waals surface area contributed by atoms with Crippen molar-refractivity contribution < 1.29 is 0 Å². The summed E-state index contributed by atoms with van der Waals surface area (Å²) in [6.07, 6.45) is 6.13. The molecule has 0 aliphatic carbocycles. The van der Waals surface area contributed by atoms with Gasteiger partial charge in [-0.15, -0.1) is 0 Å². The molecule has 68 valence electrons. The number of thioether (sulfide) groups is 1. The Morgan fingerprint density at radius 3 is 3.17 bits per heavy atom. The van der Waals surface area contributed by atoms with E-state index in [1.165, 1.54) is 12.8 Å². The highest BCUT2D eigenvalue weighted by Gasteiger charge is 1.94. The molecule has 4 heteroatoms. The molecule has 0 atom stereocenters. The van der Waals surface area contributed by atoms with Gasteiger partial charge in [-0.1, -0.05) is 11.8 Å². The zero-order chi connectivity index (χ0) is 8.65. The lowest BCUT2D eigenvalue weighted by molar-refractivity contribution is 0.714. The fraction of sp³-hybridized carbons (Fsp3) is 0.625. The Kier molecular flexibility index (Phi) is 4.87. The maximum atomic E-state index is 4.13. The number of aromatic amines is 1. The number of nitrogens with one attached hydrogen (secondary N) is 2. The van der Waals surface area contributed by atoms with Crippen LogP contribution in [0, 0.1) is 0 Å². The number of imidazole rings is 1. The zero-order valence-corrected chi connectivity index (χ0v) is 8.16. The second-order valence-corrected chi connectivity index (χ2v) is 3.64. The van der Waals surface area contributed by atoms with Crippen LogP contribution in [0.25, 0.3) is 0 Å². The maximum absolute atomic E-state index is 4.13. The van der Waals surface area contributed by atoms with Crippen molar-refractivity contribution in [3.05, 3.63) is 12.4 Å². The highest BCUT2D eigenvalue weighted by molar-refractivity contribution is 7.99. The second kappa shape index (κ2) is 6.08. The van der Waals surface area contributed by atoms with Crippen molar-refractivity contribution in [2.75, 3.05) is 19.3 Å². The molecule has 0 aliphatic heterocycles. The molecule has 0 bridgehead atoms. The minimum Gasteiger partial charge on any atom is -0.340 e. The third-order valence-corrected chi connectivity index (χ3v) is 2.52. The van der Waals surface area contributed by atoms with Gasteiger partial charge in [0, 0.05) is 18.1 Å². The molecule has 3 nitrogen and oxygen atoms in total. The average molecular weight is 185 g/mol. The lowest BCUT2D eigenvalue weighted by Gasteiger charge is -1.98. The van der Waals surface area contributed by atoms with E-state index in [1.54, 1.807) is 18.0 Å². The molecule has 0 unspecified atom stereocenters. The predicted molar refractivity (Wildman–Crippen MR) is 52.5 cm³/mol. The molecule has 0 fully saturated rings. The summed E-state index contributed by atoms with van der Waals surface area (Å²) < 4.78 is 0. The van der Waals surface area contributed by atoms with Crippen molar-refractivity contribution in [1.29, 1.82) is 0 Å². The number of H-pyrrole nitrogens is 1. The molecular formula is C8H15N3S. The zero-order valence-electron chi connectivity index (χ0n) is 7.34. The minimum atomic E-state index is 1.03. The monoisotopic (exact) mass is 185 g/mol. The molecule has 0 saturated carbocycles. The molecule has 0 aromatic carbocycles. The summed E-state index contributed by atoms with van der Waals surface area (Å²) in [4.78, 5) is 7.19. The summed E-state index contributed by atoms with van der Waals surface area (Å²) in [5.41, 5.74) is 0. The van der Waals surface area contributed by atoms with Crippen LogP contribution in [0.3, 0.4) is 0 Å². The van der Waals surface area contributed by atoms with Gasteiger partial charge >= 0.3 is 0 Å². The smallest absolute Gasteiger partial charge is 0.165 e. The number of nitrogens with zero attached hydrogens (tertiary/aromatic N) is 1. The van der Waals surface area contributed by atoms with Crippen molar-refractivity contribution in [2.45, 2.75) is 18.0 Å². The quantitative estimate of drug-likeness (QED) is 0.521. The molecule has 1 aromatic rings. The van der Waals surface area contributed by atoms with Crippen LogP contribution in [0.4, 0.5) is 0 Å². The second-order valence-electron chi connectivity index (χ2n) is 2.55. The Hall–Kier alpha value is -0.480. The summed E-state index contributed by atoms with van der Waals surface area (Å²) in [6, 6.07) is 0. The predicted octanol–water partition coefficient (Wildman–Crippen LogP) is 1.50. The van der Waals surface area contributed by atoms with Gasteiger partial charge in [-0.05, 0) is 26.4 Å². The van der Waals surface area contributed by atoms with Crippen LogP contribution >= 0.6 is 11.8 Å². The van der Waals surface area contributed by atoms with Crippen LogP contribution in [-0.2, 0) is 0 Å². The van der Waals surface area contributed by atoms with Gasteiger partial charge in [0.2, 0.25) is 0 Å². The number of hydrogen-bond acceptors (Lipinski definition) is 3. The van der Waals surface area contributed by atoms with Gasteiger partial charge in [-0.3, -0.25) is 0 Å². The lowest BCUT2D eigenvalue weighted by Crippen LogP contribution is -2.07. The van der Waals surface area contributed by atoms with Crippen molar-refractivity contribution in [1.82, 2.24) is 15.3 Å². The van der Waals surface area contributed by atoms with E-state index in [0.29, 0.717) is 0 Å². The number of unbranched alkanes of at least 4 members (excludes halogenated alkanes) is 1. The largest absolute Gasteiger partial charge is 0.340 e. The first kappa shape index (κ1) is 9.61. The number of rotatable bonds is 6. The number of aromatic nitrogens is 2. The van der Waals surface area contributed by atoms with E-state index in [9.17, 15) is 0 Å². The summed E-state index contributed by atoms with van der Waals surface area (Å²) in [5, 5.41) is 4.16. The Morgan fingerprint density at radius 1 is 1.58 bits per heavy atom. The fourth-order valence-electron chi connectivity index (χ4n) is 0.902. The Balaban J connectivity index is 1.96. The molecule has 2 N–H and O–H groups in total. The molecular weight excluding hydrogens is 170 g/mol. The van der Waals surface area contributed by atoms with E-state index < -0.39 is 0 Å². The molecule has 0 spiro atoms. The van der Waals surface area contributed by atoms with E-state index in [1.807, 2.05) is 13.2 Å². The van der Waals surface area contributed by atoms with Gasteiger partial charge in [0.25, 0.3) is 0 Å². The van der Waals surface area contributed by atoms with Gasteiger partial charge in [0.15, 0.2) is 5.16 Å². The summed E-state index contributed by atoms with van der Waals surface area (Å²) in [5.74, 6) is 1.15. The molecule has 1 aromatic heterocycles. The maximum Gasteiger partial charge on any atom is 0.165 e. The van der Waals surface area contributed by atoms with Crippen molar-refractivity contribution in [3.8, 4) is 0 Å². The first-order valence-electron chi connectivity index (χ1n) is 4.20. The first-order chi connectivity index (χ1) is 5.93. The van der Waals surface area contributed by atoms with Gasteiger partial charge in [-0.25, -0.2) is 4.98 Å². The molecule has 12 heavy (non-hydrogen) atoms. The first-order valence-corrected chi connectivity index (χ1v) is 5.19. The molecule has 0 aliphatic rings.